The Labute approximate surface area is 188 Å². The third-order valence-electron chi connectivity index (χ3n) is 5.43. The smallest absolute Gasteiger partial charge is 0.408 e. The molecular weight excluding hydrogens is 410 g/mol. The van der Waals surface area contributed by atoms with Crippen LogP contribution in [0.1, 0.15) is 51.6 Å². The van der Waals surface area contributed by atoms with Crippen molar-refractivity contribution in [2.24, 2.45) is 5.92 Å². The van der Waals surface area contributed by atoms with Crippen molar-refractivity contribution in [3.8, 4) is 11.3 Å². The number of pyridine rings is 1. The molecule has 9 nitrogen and oxygen atoms in total. The zero-order valence-corrected chi connectivity index (χ0v) is 18.8. The highest BCUT2D eigenvalue weighted by Gasteiger charge is 2.26. The maximum absolute atomic E-state index is 12.5. The fourth-order valence-corrected chi connectivity index (χ4v) is 3.71. The van der Waals surface area contributed by atoms with Gasteiger partial charge >= 0.3 is 12.1 Å². The fraction of sp³-hybridized carbons (Fsp3) is 0.522. The van der Waals surface area contributed by atoms with Gasteiger partial charge in [-0.2, -0.15) is 10.2 Å². The first-order valence-electron chi connectivity index (χ1n) is 10.9. The molecule has 1 unspecified atom stereocenters. The van der Waals surface area contributed by atoms with Gasteiger partial charge in [0.2, 0.25) is 0 Å². The number of nitrogens with one attached hydrogen (secondary N) is 1. The fourth-order valence-electron chi connectivity index (χ4n) is 3.71. The molecule has 2 N–H and O–H groups in total. The van der Waals surface area contributed by atoms with Gasteiger partial charge in [-0.25, -0.2) is 4.79 Å². The molecule has 3 rings (SSSR count). The first kappa shape index (κ1) is 23.6. The number of hydrogen-bond donors (Lipinski definition) is 2. The van der Waals surface area contributed by atoms with Gasteiger partial charge in [0, 0.05) is 18.3 Å². The molecule has 1 aliphatic rings. The molecule has 1 saturated heterocycles. The van der Waals surface area contributed by atoms with Gasteiger partial charge < -0.3 is 20.1 Å². The second-order valence-corrected chi connectivity index (χ2v) is 9.05. The summed E-state index contributed by atoms with van der Waals surface area (Å²) >= 11 is 0. The van der Waals surface area contributed by atoms with Crippen molar-refractivity contribution in [3.63, 3.8) is 0 Å². The Morgan fingerprint density at radius 3 is 2.50 bits per heavy atom. The van der Waals surface area contributed by atoms with E-state index in [-0.39, 0.29) is 12.0 Å². The molecule has 0 aliphatic carbocycles. The summed E-state index contributed by atoms with van der Waals surface area (Å²) < 4.78 is 5.45. The van der Waals surface area contributed by atoms with E-state index in [0.717, 1.165) is 36.5 Å². The van der Waals surface area contributed by atoms with Crippen molar-refractivity contribution in [1.29, 1.82) is 0 Å². The average Bonchev–Trinajstić information content (AvgIpc) is 2.76. The lowest BCUT2D eigenvalue weighted by molar-refractivity contribution is -0.143. The van der Waals surface area contributed by atoms with Gasteiger partial charge in [-0.15, -0.1) is 0 Å². The summed E-state index contributed by atoms with van der Waals surface area (Å²) in [5, 5.41) is 19.8. The molecule has 1 aliphatic heterocycles. The molecule has 0 bridgehead atoms. The summed E-state index contributed by atoms with van der Waals surface area (Å²) in [6.07, 6.45) is 6.51. The van der Waals surface area contributed by atoms with Crippen LogP contribution in [0.25, 0.3) is 11.3 Å². The molecule has 2 aromatic heterocycles. The number of ether oxygens (including phenoxy) is 1. The van der Waals surface area contributed by atoms with E-state index < -0.39 is 17.7 Å². The number of amides is 1. The van der Waals surface area contributed by atoms with Gasteiger partial charge in [0.05, 0.1) is 30.0 Å². The van der Waals surface area contributed by atoms with Crippen LogP contribution in [0.4, 0.5) is 4.79 Å². The van der Waals surface area contributed by atoms with E-state index in [1.807, 2.05) is 39.0 Å². The molecule has 0 saturated carbocycles. The number of rotatable bonds is 7. The number of carboxylic acid groups (broad SMARTS) is 1. The number of carbonyl (C=O) groups is 2. The highest BCUT2D eigenvalue weighted by atomic mass is 16.6. The van der Waals surface area contributed by atoms with Gasteiger partial charge in [-0.1, -0.05) is 6.07 Å². The van der Waals surface area contributed by atoms with Gasteiger partial charge in [0.25, 0.3) is 0 Å². The van der Waals surface area contributed by atoms with Crippen molar-refractivity contribution in [2.75, 3.05) is 19.6 Å². The van der Waals surface area contributed by atoms with Gasteiger partial charge in [0.1, 0.15) is 5.60 Å². The highest BCUT2D eigenvalue weighted by Crippen LogP contribution is 2.23. The Balaban J connectivity index is 1.68. The van der Waals surface area contributed by atoms with Gasteiger partial charge in [0.15, 0.2) is 0 Å². The number of carboxylic acids is 1. The number of likely N-dealkylation sites (tertiary alicyclic amines) is 1. The number of hydrogen-bond acceptors (Lipinski definition) is 7. The Kier molecular flexibility index (Phi) is 7.74. The minimum atomic E-state index is -0.718. The largest absolute Gasteiger partial charge is 0.481 e. The lowest BCUT2D eigenvalue weighted by atomic mass is 9.96. The minimum Gasteiger partial charge on any atom is -0.481 e. The summed E-state index contributed by atoms with van der Waals surface area (Å²) in [6.45, 7) is 7.70. The standard InChI is InChI=1S/C23H31N5O4/c1-23(2,3)32-22(31)27-20(9-13-28-11-7-16(8-12-28)21(29)30)17-4-5-19(24-14-17)18-6-10-25-26-15-18/h4-6,10,14-16,20H,7-9,11-13H2,1-3H3,(H,27,31)(H,29,30). The molecule has 3 heterocycles. The third-order valence-corrected chi connectivity index (χ3v) is 5.43. The molecule has 1 atom stereocenters. The second-order valence-electron chi connectivity index (χ2n) is 9.05. The van der Waals surface area contributed by atoms with E-state index in [1.54, 1.807) is 18.6 Å². The molecule has 0 aromatic carbocycles. The number of aliphatic carboxylic acids is 1. The van der Waals surface area contributed by atoms with Gasteiger partial charge in [-0.3, -0.25) is 9.78 Å². The maximum atomic E-state index is 12.5. The summed E-state index contributed by atoms with van der Waals surface area (Å²) in [7, 11) is 0. The van der Waals surface area contributed by atoms with Crippen LogP contribution < -0.4 is 5.32 Å². The second kappa shape index (κ2) is 10.5. The van der Waals surface area contributed by atoms with Crippen molar-refractivity contribution < 1.29 is 19.4 Å². The van der Waals surface area contributed by atoms with Gasteiger partial charge in [-0.05, 0) is 70.8 Å². The Morgan fingerprint density at radius 2 is 1.94 bits per heavy atom. The molecule has 1 fully saturated rings. The minimum absolute atomic E-state index is 0.263. The van der Waals surface area contributed by atoms with E-state index in [2.05, 4.69) is 25.4 Å². The van der Waals surface area contributed by atoms with Crippen LogP contribution in [0.2, 0.25) is 0 Å². The molecule has 32 heavy (non-hydrogen) atoms. The number of carbonyl (C=O) groups excluding carboxylic acids is 1. The van der Waals surface area contributed by atoms with E-state index in [9.17, 15) is 14.7 Å². The zero-order chi connectivity index (χ0) is 23.1. The van der Waals surface area contributed by atoms with E-state index in [1.165, 1.54) is 0 Å². The predicted molar refractivity (Wildman–Crippen MR) is 119 cm³/mol. The molecule has 172 valence electrons. The Morgan fingerprint density at radius 1 is 1.19 bits per heavy atom. The van der Waals surface area contributed by atoms with Crippen LogP contribution in [0.5, 0.6) is 0 Å². The number of piperidine rings is 1. The van der Waals surface area contributed by atoms with E-state index in [0.29, 0.717) is 19.3 Å². The predicted octanol–water partition coefficient (Wildman–Crippen LogP) is 3.29. The van der Waals surface area contributed by atoms with Crippen LogP contribution in [-0.4, -0.2) is 62.5 Å². The van der Waals surface area contributed by atoms with Crippen LogP contribution in [0.3, 0.4) is 0 Å². The molecule has 1 amide bonds. The third kappa shape index (κ3) is 6.98. The highest BCUT2D eigenvalue weighted by molar-refractivity contribution is 5.70. The van der Waals surface area contributed by atoms with Crippen LogP contribution in [0.15, 0.2) is 36.8 Å². The summed E-state index contributed by atoms with van der Waals surface area (Å²) in [4.78, 5) is 30.4. The Bertz CT molecular complexity index is 891. The summed E-state index contributed by atoms with van der Waals surface area (Å²) in [5.41, 5.74) is 1.92. The average molecular weight is 442 g/mol. The van der Waals surface area contributed by atoms with Crippen LogP contribution in [0, 0.1) is 5.92 Å². The van der Waals surface area contributed by atoms with E-state index in [4.69, 9.17) is 4.74 Å². The monoisotopic (exact) mass is 441 g/mol. The number of nitrogens with zero attached hydrogens (tertiary/aromatic N) is 4. The van der Waals surface area contributed by atoms with Crippen LogP contribution >= 0.6 is 0 Å². The lowest BCUT2D eigenvalue weighted by Gasteiger charge is -2.31. The van der Waals surface area contributed by atoms with Crippen molar-refractivity contribution in [3.05, 3.63) is 42.4 Å². The number of aromatic nitrogens is 3. The van der Waals surface area contributed by atoms with Crippen LogP contribution in [-0.2, 0) is 9.53 Å². The quantitative estimate of drug-likeness (QED) is 0.672. The van der Waals surface area contributed by atoms with Crippen molar-refractivity contribution in [2.45, 2.75) is 51.7 Å². The lowest BCUT2D eigenvalue weighted by Crippen LogP contribution is -2.39. The normalized spacial score (nSPS) is 16.3. The zero-order valence-electron chi connectivity index (χ0n) is 18.8. The topological polar surface area (TPSA) is 118 Å². The maximum Gasteiger partial charge on any atom is 0.408 e. The molecule has 0 radical (unpaired) electrons. The summed E-state index contributed by atoms with van der Waals surface area (Å²) in [5.74, 6) is -0.981. The van der Waals surface area contributed by atoms with Crippen molar-refractivity contribution >= 4 is 12.1 Å². The van der Waals surface area contributed by atoms with E-state index >= 15 is 0 Å². The first-order chi connectivity index (χ1) is 15.2. The van der Waals surface area contributed by atoms with Crippen molar-refractivity contribution in [1.82, 2.24) is 25.4 Å². The first-order valence-corrected chi connectivity index (χ1v) is 10.9. The Hall–Kier alpha value is -3.07. The summed E-state index contributed by atoms with van der Waals surface area (Å²) in [6, 6.07) is 5.40. The molecule has 2 aromatic rings. The number of alkyl carbamates (subject to hydrolysis) is 1. The molecule has 0 spiro atoms. The molecule has 9 heteroatoms. The molecular formula is C23H31N5O4. The SMILES string of the molecule is CC(C)(C)OC(=O)NC(CCN1CCC(C(=O)O)CC1)c1ccc(-c2ccnnc2)nc1.